The number of non-ortho nitro benzene ring substituents is 1. The Morgan fingerprint density at radius 2 is 1.90 bits per heavy atom. The van der Waals surface area contributed by atoms with E-state index in [1.165, 1.54) is 24.3 Å². The van der Waals surface area contributed by atoms with Crippen molar-refractivity contribution in [1.82, 2.24) is 15.2 Å². The van der Waals surface area contributed by atoms with Gasteiger partial charge in [-0.05, 0) is 24.3 Å². The Kier molecular flexibility index (Phi) is 6.12. The number of carbonyl (C=O) groups is 1. The molecule has 2 aromatic carbocycles. The molecule has 2 heterocycles. The van der Waals surface area contributed by atoms with Gasteiger partial charge in [0.1, 0.15) is 5.52 Å². The number of thiazole rings is 1. The number of nitrogens with zero attached hydrogens (tertiary/aromatic N) is 4. The molecule has 10 heteroatoms. The third-order valence-corrected chi connectivity index (χ3v) is 6.44. The van der Waals surface area contributed by atoms with Gasteiger partial charge in [-0.2, -0.15) is 0 Å². The van der Waals surface area contributed by atoms with Crippen molar-refractivity contribution in [1.29, 1.82) is 0 Å². The fourth-order valence-electron chi connectivity index (χ4n) is 3.37. The van der Waals surface area contributed by atoms with E-state index < -0.39 is 4.92 Å². The zero-order chi connectivity index (χ0) is 21.1. The van der Waals surface area contributed by atoms with E-state index in [0.29, 0.717) is 17.1 Å². The summed E-state index contributed by atoms with van der Waals surface area (Å²) in [6.07, 6.45) is 0. The molecule has 0 atom stereocenters. The second-order valence-electron chi connectivity index (χ2n) is 6.97. The molecular formula is C20H20ClN5O3S. The fourth-order valence-corrected chi connectivity index (χ4v) is 4.68. The highest BCUT2D eigenvalue weighted by Crippen LogP contribution is 2.33. The maximum absolute atomic E-state index is 12.2. The summed E-state index contributed by atoms with van der Waals surface area (Å²) in [5.74, 6) is -0.227. The van der Waals surface area contributed by atoms with Gasteiger partial charge < -0.3 is 10.2 Å². The monoisotopic (exact) mass is 445 g/mol. The number of anilines is 1. The van der Waals surface area contributed by atoms with Gasteiger partial charge in [0.05, 0.1) is 14.6 Å². The highest BCUT2D eigenvalue weighted by molar-refractivity contribution is 7.22. The number of nitro benzene ring substituents is 1. The van der Waals surface area contributed by atoms with Crippen molar-refractivity contribution < 1.29 is 9.72 Å². The van der Waals surface area contributed by atoms with Gasteiger partial charge in [0.15, 0.2) is 5.13 Å². The van der Waals surface area contributed by atoms with Gasteiger partial charge in [0.25, 0.3) is 11.6 Å². The lowest BCUT2D eigenvalue weighted by Gasteiger charge is -2.34. The molecule has 0 saturated carbocycles. The normalized spacial score (nSPS) is 14.8. The molecule has 3 aromatic rings. The molecule has 0 bridgehead atoms. The molecular weight excluding hydrogens is 426 g/mol. The Labute approximate surface area is 182 Å². The lowest BCUT2D eigenvalue weighted by Crippen LogP contribution is -2.48. The van der Waals surface area contributed by atoms with E-state index in [2.05, 4.69) is 15.1 Å². The van der Waals surface area contributed by atoms with Crippen molar-refractivity contribution >= 4 is 49.9 Å². The van der Waals surface area contributed by atoms with Crippen molar-refractivity contribution in [3.8, 4) is 0 Å². The highest BCUT2D eigenvalue weighted by atomic mass is 35.5. The number of fused-ring (bicyclic) bond motifs is 1. The summed E-state index contributed by atoms with van der Waals surface area (Å²) < 4.78 is 1.09. The van der Waals surface area contributed by atoms with Gasteiger partial charge in [0.2, 0.25) is 0 Å². The van der Waals surface area contributed by atoms with Gasteiger partial charge in [-0.1, -0.05) is 29.0 Å². The molecule has 1 aliphatic rings. The molecule has 1 amide bonds. The first-order valence-corrected chi connectivity index (χ1v) is 10.8. The van der Waals surface area contributed by atoms with E-state index in [1.54, 1.807) is 11.3 Å². The molecule has 1 fully saturated rings. The van der Waals surface area contributed by atoms with Gasteiger partial charge in [0, 0.05) is 57.0 Å². The van der Waals surface area contributed by atoms with Crippen LogP contribution in [0, 0.1) is 10.1 Å². The van der Waals surface area contributed by atoms with Gasteiger partial charge in [-0.3, -0.25) is 19.8 Å². The van der Waals surface area contributed by atoms with Crippen LogP contribution < -0.4 is 10.2 Å². The Balaban J connectivity index is 1.24. The van der Waals surface area contributed by atoms with E-state index in [4.69, 9.17) is 16.6 Å². The molecule has 1 aromatic heterocycles. The average Bonchev–Trinajstić information content (AvgIpc) is 3.20. The van der Waals surface area contributed by atoms with Crippen molar-refractivity contribution in [2.45, 2.75) is 0 Å². The van der Waals surface area contributed by atoms with Gasteiger partial charge in [-0.15, -0.1) is 0 Å². The maximum Gasteiger partial charge on any atom is 0.269 e. The molecule has 156 valence electrons. The number of rotatable bonds is 6. The van der Waals surface area contributed by atoms with E-state index in [1.807, 2.05) is 18.2 Å². The number of hydrogen-bond acceptors (Lipinski definition) is 7. The second kappa shape index (κ2) is 8.95. The van der Waals surface area contributed by atoms with E-state index in [0.717, 1.165) is 48.1 Å². The van der Waals surface area contributed by atoms with Crippen LogP contribution in [-0.2, 0) is 0 Å². The summed E-state index contributed by atoms with van der Waals surface area (Å²) in [4.78, 5) is 31.7. The number of halogens is 1. The van der Waals surface area contributed by atoms with Crippen LogP contribution in [0.2, 0.25) is 5.02 Å². The first-order valence-electron chi connectivity index (χ1n) is 9.56. The Hall–Kier alpha value is -2.75. The summed E-state index contributed by atoms with van der Waals surface area (Å²) in [7, 11) is 0. The Morgan fingerprint density at radius 1 is 1.17 bits per heavy atom. The average molecular weight is 446 g/mol. The minimum absolute atomic E-state index is 0.0279. The number of nitro groups is 1. The Bertz CT molecular complexity index is 1060. The molecule has 0 spiro atoms. The van der Waals surface area contributed by atoms with Crippen molar-refractivity contribution in [2.75, 3.05) is 44.2 Å². The molecule has 1 aliphatic heterocycles. The molecule has 0 aliphatic carbocycles. The number of benzene rings is 2. The highest BCUT2D eigenvalue weighted by Gasteiger charge is 2.20. The lowest BCUT2D eigenvalue weighted by molar-refractivity contribution is -0.384. The molecule has 0 radical (unpaired) electrons. The molecule has 4 rings (SSSR count). The minimum atomic E-state index is -0.482. The topological polar surface area (TPSA) is 91.6 Å². The first-order chi connectivity index (χ1) is 14.5. The largest absolute Gasteiger partial charge is 0.351 e. The summed E-state index contributed by atoms with van der Waals surface area (Å²) >= 11 is 7.89. The first kappa shape index (κ1) is 20.5. The zero-order valence-corrected chi connectivity index (χ0v) is 17.7. The van der Waals surface area contributed by atoms with Crippen LogP contribution >= 0.6 is 22.9 Å². The van der Waals surface area contributed by atoms with E-state index >= 15 is 0 Å². The van der Waals surface area contributed by atoms with Crippen molar-refractivity contribution in [3.63, 3.8) is 0 Å². The maximum atomic E-state index is 12.2. The summed E-state index contributed by atoms with van der Waals surface area (Å²) in [5, 5.41) is 15.2. The smallest absolute Gasteiger partial charge is 0.269 e. The fraction of sp³-hybridized carbons (Fsp3) is 0.300. The van der Waals surface area contributed by atoms with Crippen LogP contribution in [0.3, 0.4) is 0 Å². The molecule has 1 saturated heterocycles. The number of aromatic nitrogens is 1. The van der Waals surface area contributed by atoms with Gasteiger partial charge in [-0.25, -0.2) is 4.98 Å². The quantitative estimate of drug-likeness (QED) is 0.461. The second-order valence-corrected chi connectivity index (χ2v) is 8.39. The molecule has 1 N–H and O–H groups in total. The number of para-hydroxylation sites is 1. The van der Waals surface area contributed by atoms with E-state index in [9.17, 15) is 14.9 Å². The standard InChI is InChI=1S/C20H20ClN5O3S/c21-16-2-1-3-17-18(16)23-20(30-17)25-12-10-24(11-13-25)9-8-22-19(27)14-4-6-15(7-5-14)26(28)29/h1-7H,8-13H2,(H,22,27). The van der Waals surface area contributed by atoms with Crippen LogP contribution in [-0.4, -0.2) is 60.0 Å². The molecule has 0 unspecified atom stereocenters. The number of nitrogens with one attached hydrogen (secondary N) is 1. The molecule has 30 heavy (non-hydrogen) atoms. The van der Waals surface area contributed by atoms with Crippen LogP contribution in [0.4, 0.5) is 10.8 Å². The number of hydrogen-bond donors (Lipinski definition) is 1. The predicted octanol–water partition coefficient (Wildman–Crippen LogP) is 3.41. The third kappa shape index (κ3) is 4.53. The minimum Gasteiger partial charge on any atom is -0.351 e. The number of amides is 1. The number of piperazine rings is 1. The van der Waals surface area contributed by atoms with Crippen LogP contribution in [0.25, 0.3) is 10.2 Å². The van der Waals surface area contributed by atoms with Gasteiger partial charge >= 0.3 is 0 Å². The van der Waals surface area contributed by atoms with E-state index in [-0.39, 0.29) is 11.6 Å². The Morgan fingerprint density at radius 3 is 2.57 bits per heavy atom. The van der Waals surface area contributed by atoms with Crippen molar-refractivity contribution in [3.05, 3.63) is 63.2 Å². The van der Waals surface area contributed by atoms with Crippen LogP contribution in [0.15, 0.2) is 42.5 Å². The third-order valence-electron chi connectivity index (χ3n) is 5.06. The summed E-state index contributed by atoms with van der Waals surface area (Å²) in [6.45, 7) is 4.78. The summed E-state index contributed by atoms with van der Waals surface area (Å²) in [5.41, 5.74) is 1.25. The number of carbonyl (C=O) groups excluding carboxylic acids is 1. The van der Waals surface area contributed by atoms with Crippen LogP contribution in [0.5, 0.6) is 0 Å². The summed E-state index contributed by atoms with van der Waals surface area (Å²) in [6, 6.07) is 11.4. The van der Waals surface area contributed by atoms with Crippen LogP contribution in [0.1, 0.15) is 10.4 Å². The molecule has 8 nitrogen and oxygen atoms in total. The zero-order valence-electron chi connectivity index (χ0n) is 16.1. The lowest BCUT2D eigenvalue weighted by atomic mass is 10.2. The SMILES string of the molecule is O=C(NCCN1CCN(c2nc3c(Cl)cccc3s2)CC1)c1ccc([N+](=O)[O-])cc1. The van der Waals surface area contributed by atoms with Crippen molar-refractivity contribution in [2.24, 2.45) is 0 Å². The predicted molar refractivity (Wildman–Crippen MR) is 119 cm³/mol.